The van der Waals surface area contributed by atoms with Crippen molar-refractivity contribution in [2.24, 2.45) is 0 Å². The Hall–Kier alpha value is -2.16. The lowest BCUT2D eigenvalue weighted by Gasteiger charge is -2.10. The number of fused-ring (bicyclic) bond motifs is 1. The molecule has 1 aromatic carbocycles. The van der Waals surface area contributed by atoms with Gasteiger partial charge in [0, 0.05) is 10.0 Å². The average molecular weight is 358 g/mol. The molecule has 2 heterocycles. The van der Waals surface area contributed by atoms with Gasteiger partial charge in [0.25, 0.3) is 5.78 Å². The molecule has 0 amide bonds. The Balaban J connectivity index is 2.27. The van der Waals surface area contributed by atoms with Crippen molar-refractivity contribution in [3.63, 3.8) is 0 Å². The Bertz CT molecular complexity index is 810. The number of hydrogen-bond acceptors (Lipinski definition) is 4. The number of aromatic nitrogens is 4. The zero-order chi connectivity index (χ0) is 15.2. The molecule has 108 valence electrons. The molecule has 3 rings (SSSR count). The van der Waals surface area contributed by atoms with E-state index >= 15 is 0 Å². The number of nitrogens with zero attached hydrogens (tertiary/aromatic N) is 4. The van der Waals surface area contributed by atoms with E-state index in [0.717, 1.165) is 10.5 Å². The van der Waals surface area contributed by atoms with Crippen molar-refractivity contribution in [3.05, 3.63) is 40.5 Å². The standard InChI is InChI=1S/C12H7BrF3N5/c13-7-3-1-6(2-4-7)8-5-9(12(14,15)16)21-11(18-8)19-10(17)20-21/h1-5H,(H2,17,20). The SMILES string of the molecule is Nc1nc2nc(-c3ccc(Br)cc3)cc(C(F)(F)F)n2n1. The van der Waals surface area contributed by atoms with E-state index in [-0.39, 0.29) is 17.4 Å². The molecule has 9 heteroatoms. The summed E-state index contributed by atoms with van der Waals surface area (Å²) in [5.74, 6) is -0.457. The van der Waals surface area contributed by atoms with Crippen molar-refractivity contribution in [1.29, 1.82) is 0 Å². The second-order valence-corrected chi connectivity index (χ2v) is 5.13. The molecular weight excluding hydrogens is 351 g/mol. The fraction of sp³-hybridized carbons (Fsp3) is 0.0833. The Morgan fingerprint density at radius 2 is 1.76 bits per heavy atom. The number of nitrogens with two attached hydrogens (primary N) is 1. The van der Waals surface area contributed by atoms with Gasteiger partial charge in [0.1, 0.15) is 0 Å². The van der Waals surface area contributed by atoms with Gasteiger partial charge in [-0.2, -0.15) is 22.7 Å². The maximum absolute atomic E-state index is 13.1. The van der Waals surface area contributed by atoms with Crippen LogP contribution in [0.15, 0.2) is 34.8 Å². The Morgan fingerprint density at radius 1 is 1.10 bits per heavy atom. The second-order valence-electron chi connectivity index (χ2n) is 4.21. The van der Waals surface area contributed by atoms with Crippen molar-refractivity contribution >= 4 is 27.7 Å². The van der Waals surface area contributed by atoms with Crippen LogP contribution >= 0.6 is 15.9 Å². The third kappa shape index (κ3) is 2.56. The van der Waals surface area contributed by atoms with E-state index in [1.807, 2.05) is 0 Å². The minimum Gasteiger partial charge on any atom is -0.366 e. The molecule has 2 N–H and O–H groups in total. The van der Waals surface area contributed by atoms with Gasteiger partial charge in [-0.25, -0.2) is 4.98 Å². The lowest BCUT2D eigenvalue weighted by Crippen LogP contribution is -2.14. The third-order valence-electron chi connectivity index (χ3n) is 2.76. The van der Waals surface area contributed by atoms with Crippen LogP contribution in [0.3, 0.4) is 0 Å². The van der Waals surface area contributed by atoms with Crippen LogP contribution in [0.5, 0.6) is 0 Å². The summed E-state index contributed by atoms with van der Waals surface area (Å²) in [6.07, 6.45) is -4.59. The summed E-state index contributed by atoms with van der Waals surface area (Å²) in [5.41, 5.74) is 5.06. The lowest BCUT2D eigenvalue weighted by molar-refractivity contribution is -0.142. The number of alkyl halides is 3. The van der Waals surface area contributed by atoms with Crippen molar-refractivity contribution in [2.75, 3.05) is 5.73 Å². The van der Waals surface area contributed by atoms with Crippen LogP contribution in [-0.4, -0.2) is 19.6 Å². The van der Waals surface area contributed by atoms with Gasteiger partial charge in [-0.3, -0.25) is 0 Å². The smallest absolute Gasteiger partial charge is 0.366 e. The molecule has 3 aromatic rings. The topological polar surface area (TPSA) is 69.1 Å². The molecule has 0 radical (unpaired) electrons. The van der Waals surface area contributed by atoms with Gasteiger partial charge in [0.05, 0.1) is 5.69 Å². The van der Waals surface area contributed by atoms with Gasteiger partial charge in [0.15, 0.2) is 5.69 Å². The summed E-state index contributed by atoms with van der Waals surface area (Å²) in [6.45, 7) is 0. The molecule has 0 saturated carbocycles. The number of rotatable bonds is 1. The largest absolute Gasteiger partial charge is 0.433 e. The van der Waals surface area contributed by atoms with Crippen molar-refractivity contribution < 1.29 is 13.2 Å². The molecule has 21 heavy (non-hydrogen) atoms. The number of anilines is 1. The van der Waals surface area contributed by atoms with Gasteiger partial charge in [-0.15, -0.1) is 5.10 Å². The molecule has 0 unspecified atom stereocenters. The first kappa shape index (κ1) is 13.8. The minimum atomic E-state index is -4.59. The molecule has 0 fully saturated rings. The van der Waals surface area contributed by atoms with Gasteiger partial charge in [-0.05, 0) is 18.2 Å². The predicted molar refractivity (Wildman–Crippen MR) is 73.3 cm³/mol. The van der Waals surface area contributed by atoms with Gasteiger partial charge in [-0.1, -0.05) is 28.1 Å². The zero-order valence-electron chi connectivity index (χ0n) is 10.3. The number of benzene rings is 1. The summed E-state index contributed by atoms with van der Waals surface area (Å²) in [5, 5.41) is 3.52. The zero-order valence-corrected chi connectivity index (χ0v) is 11.9. The van der Waals surface area contributed by atoms with E-state index in [0.29, 0.717) is 10.1 Å². The third-order valence-corrected chi connectivity index (χ3v) is 3.29. The minimum absolute atomic E-state index is 0.148. The van der Waals surface area contributed by atoms with Crippen molar-refractivity contribution in [2.45, 2.75) is 6.18 Å². The van der Waals surface area contributed by atoms with Crippen LogP contribution < -0.4 is 5.73 Å². The highest BCUT2D eigenvalue weighted by Crippen LogP contribution is 2.32. The van der Waals surface area contributed by atoms with Crippen LogP contribution in [-0.2, 0) is 6.18 Å². The Morgan fingerprint density at radius 3 is 2.38 bits per heavy atom. The second kappa shape index (κ2) is 4.69. The molecule has 5 nitrogen and oxygen atoms in total. The lowest BCUT2D eigenvalue weighted by atomic mass is 10.1. The molecule has 0 spiro atoms. The fourth-order valence-corrected chi connectivity index (χ4v) is 2.12. The summed E-state index contributed by atoms with van der Waals surface area (Å²) in [4.78, 5) is 7.76. The highest BCUT2D eigenvalue weighted by Gasteiger charge is 2.35. The monoisotopic (exact) mass is 357 g/mol. The molecule has 0 atom stereocenters. The van der Waals surface area contributed by atoms with E-state index in [9.17, 15) is 13.2 Å². The molecule has 0 aliphatic heterocycles. The van der Waals surface area contributed by atoms with E-state index in [1.165, 1.54) is 0 Å². The maximum Gasteiger partial charge on any atom is 0.433 e. The van der Waals surface area contributed by atoms with Crippen LogP contribution in [0.2, 0.25) is 0 Å². The first-order valence-corrected chi connectivity index (χ1v) is 6.50. The summed E-state index contributed by atoms with van der Waals surface area (Å²) >= 11 is 3.26. The number of nitrogen functional groups attached to an aromatic ring is 1. The van der Waals surface area contributed by atoms with Crippen LogP contribution in [0.25, 0.3) is 17.0 Å². The molecule has 0 saturated heterocycles. The molecule has 2 aromatic heterocycles. The molecule has 0 aliphatic carbocycles. The first-order valence-electron chi connectivity index (χ1n) is 5.71. The van der Waals surface area contributed by atoms with Crippen molar-refractivity contribution in [1.82, 2.24) is 19.6 Å². The van der Waals surface area contributed by atoms with Gasteiger partial charge < -0.3 is 5.73 Å². The van der Waals surface area contributed by atoms with Gasteiger partial charge in [0.2, 0.25) is 5.95 Å². The van der Waals surface area contributed by atoms with Gasteiger partial charge >= 0.3 is 6.18 Å². The van der Waals surface area contributed by atoms with E-state index < -0.39 is 11.9 Å². The maximum atomic E-state index is 13.1. The highest BCUT2D eigenvalue weighted by atomic mass is 79.9. The van der Waals surface area contributed by atoms with Crippen LogP contribution in [0, 0.1) is 0 Å². The highest BCUT2D eigenvalue weighted by molar-refractivity contribution is 9.10. The fourth-order valence-electron chi connectivity index (χ4n) is 1.85. The summed E-state index contributed by atoms with van der Waals surface area (Å²) in [7, 11) is 0. The normalized spacial score (nSPS) is 12.0. The predicted octanol–water partition coefficient (Wildman–Crippen LogP) is 3.15. The van der Waals surface area contributed by atoms with E-state index in [4.69, 9.17) is 5.73 Å². The van der Waals surface area contributed by atoms with Crippen LogP contribution in [0.4, 0.5) is 19.1 Å². The average Bonchev–Trinajstić information content (AvgIpc) is 2.77. The Labute approximate surface area is 124 Å². The summed E-state index contributed by atoms with van der Waals surface area (Å²) in [6, 6.07) is 7.66. The quantitative estimate of drug-likeness (QED) is 0.726. The van der Waals surface area contributed by atoms with E-state index in [2.05, 4.69) is 31.0 Å². The Kier molecular flexibility index (Phi) is 3.08. The first-order chi connectivity index (χ1) is 9.84. The summed E-state index contributed by atoms with van der Waals surface area (Å²) < 4.78 is 40.8. The van der Waals surface area contributed by atoms with Crippen LogP contribution in [0.1, 0.15) is 5.69 Å². The van der Waals surface area contributed by atoms with E-state index in [1.54, 1.807) is 24.3 Å². The molecule has 0 aliphatic rings. The van der Waals surface area contributed by atoms with Crippen molar-refractivity contribution in [3.8, 4) is 11.3 Å². The molecule has 0 bridgehead atoms. The molecular formula is C12H7BrF3N5. The number of hydrogen-bond donors (Lipinski definition) is 1. The number of halogens is 4.